The minimum absolute atomic E-state index is 0.233. The highest BCUT2D eigenvalue weighted by atomic mass is 32.1. The summed E-state index contributed by atoms with van der Waals surface area (Å²) < 4.78 is 6.32. The second kappa shape index (κ2) is 3.85. The number of benzene rings is 1. The fourth-order valence-electron chi connectivity index (χ4n) is 3.05. The number of nitrogens with zero attached hydrogens (tertiary/aromatic N) is 1. The standard InChI is InChI=1S/C15H20N2OS/c1-8-6-11-12(7-9(8)2)18-15(4)10(3)13(11)16-14(19)17(15)5/h6-7,10,13H,1-5H3,(H,16,19). The highest BCUT2D eigenvalue weighted by Crippen LogP contribution is 2.47. The van der Waals surface area contributed by atoms with Gasteiger partial charge in [-0.05, 0) is 50.2 Å². The van der Waals surface area contributed by atoms with Crippen molar-refractivity contribution in [1.82, 2.24) is 10.2 Å². The van der Waals surface area contributed by atoms with Crippen molar-refractivity contribution in [3.8, 4) is 5.75 Å². The van der Waals surface area contributed by atoms with Gasteiger partial charge in [-0.2, -0.15) is 0 Å². The Morgan fingerprint density at radius 2 is 1.95 bits per heavy atom. The number of hydrogen-bond donors (Lipinski definition) is 1. The van der Waals surface area contributed by atoms with E-state index in [0.717, 1.165) is 10.9 Å². The fraction of sp³-hybridized carbons (Fsp3) is 0.533. The van der Waals surface area contributed by atoms with Crippen molar-refractivity contribution in [2.24, 2.45) is 5.92 Å². The molecule has 3 rings (SSSR count). The van der Waals surface area contributed by atoms with Crippen molar-refractivity contribution in [2.45, 2.75) is 39.5 Å². The average molecular weight is 276 g/mol. The zero-order chi connectivity index (χ0) is 13.9. The summed E-state index contributed by atoms with van der Waals surface area (Å²) in [5.74, 6) is 1.31. The van der Waals surface area contributed by atoms with Crippen LogP contribution >= 0.6 is 12.2 Å². The quantitative estimate of drug-likeness (QED) is 0.736. The first-order valence-corrected chi connectivity index (χ1v) is 7.10. The molecule has 19 heavy (non-hydrogen) atoms. The van der Waals surface area contributed by atoms with Crippen LogP contribution in [0.4, 0.5) is 0 Å². The predicted molar refractivity (Wildman–Crippen MR) is 80.4 cm³/mol. The van der Waals surface area contributed by atoms with Gasteiger partial charge < -0.3 is 15.0 Å². The molecule has 3 atom stereocenters. The van der Waals surface area contributed by atoms with E-state index in [1.54, 1.807) is 0 Å². The molecule has 0 amide bonds. The summed E-state index contributed by atoms with van der Waals surface area (Å²) in [7, 11) is 1.99. The zero-order valence-electron chi connectivity index (χ0n) is 12.1. The molecule has 1 saturated heterocycles. The first kappa shape index (κ1) is 12.7. The SMILES string of the molecule is Cc1cc2c(cc1C)C1NC(=S)N(C)C(C)(O2)C1C. The average Bonchev–Trinajstić information content (AvgIpc) is 2.35. The van der Waals surface area contributed by atoms with Crippen LogP contribution in [0.1, 0.15) is 36.6 Å². The van der Waals surface area contributed by atoms with Gasteiger partial charge in [-0.1, -0.05) is 13.0 Å². The molecule has 0 aliphatic carbocycles. The van der Waals surface area contributed by atoms with Gasteiger partial charge in [0.2, 0.25) is 0 Å². The molecule has 3 nitrogen and oxygen atoms in total. The molecule has 2 aliphatic heterocycles. The normalized spacial score (nSPS) is 32.5. The number of fused-ring (bicyclic) bond motifs is 4. The summed E-state index contributed by atoms with van der Waals surface area (Å²) >= 11 is 5.43. The van der Waals surface area contributed by atoms with Gasteiger partial charge in [-0.3, -0.25) is 0 Å². The van der Waals surface area contributed by atoms with Crippen LogP contribution in [0, 0.1) is 19.8 Å². The molecule has 1 fully saturated rings. The smallest absolute Gasteiger partial charge is 0.186 e. The number of aryl methyl sites for hydroxylation is 2. The maximum atomic E-state index is 6.32. The van der Waals surface area contributed by atoms with Crippen LogP contribution in [0.25, 0.3) is 0 Å². The van der Waals surface area contributed by atoms with Gasteiger partial charge in [-0.25, -0.2) is 0 Å². The molecular weight excluding hydrogens is 256 g/mol. The topological polar surface area (TPSA) is 24.5 Å². The van der Waals surface area contributed by atoms with E-state index in [1.807, 2.05) is 11.9 Å². The second-order valence-corrected chi connectivity index (χ2v) is 6.29. The molecule has 2 aliphatic rings. The summed E-state index contributed by atoms with van der Waals surface area (Å²) in [6.45, 7) is 8.60. The summed E-state index contributed by atoms with van der Waals surface area (Å²) in [6.07, 6.45) is 0. The number of hydrogen-bond acceptors (Lipinski definition) is 2. The van der Waals surface area contributed by atoms with E-state index >= 15 is 0 Å². The largest absolute Gasteiger partial charge is 0.467 e. The van der Waals surface area contributed by atoms with E-state index in [4.69, 9.17) is 17.0 Å². The molecule has 4 heteroatoms. The van der Waals surface area contributed by atoms with E-state index in [2.05, 4.69) is 45.1 Å². The molecule has 0 radical (unpaired) electrons. The summed E-state index contributed by atoms with van der Waals surface area (Å²) in [4.78, 5) is 2.03. The Kier molecular flexibility index (Phi) is 2.58. The molecule has 2 bridgehead atoms. The molecule has 1 N–H and O–H groups in total. The van der Waals surface area contributed by atoms with Crippen LogP contribution in [0.3, 0.4) is 0 Å². The third-order valence-electron chi connectivity index (χ3n) is 4.87. The third-order valence-corrected chi connectivity index (χ3v) is 5.26. The van der Waals surface area contributed by atoms with Crippen LogP contribution in [0.5, 0.6) is 5.75 Å². The lowest BCUT2D eigenvalue weighted by Gasteiger charge is -2.55. The molecule has 1 aromatic rings. The minimum atomic E-state index is -0.373. The first-order valence-electron chi connectivity index (χ1n) is 6.69. The lowest BCUT2D eigenvalue weighted by atomic mass is 9.80. The maximum Gasteiger partial charge on any atom is 0.186 e. The van der Waals surface area contributed by atoms with E-state index in [0.29, 0.717) is 5.92 Å². The summed E-state index contributed by atoms with van der Waals surface area (Å²) in [5.41, 5.74) is 3.41. The van der Waals surface area contributed by atoms with Gasteiger partial charge in [0.15, 0.2) is 10.8 Å². The molecule has 3 unspecified atom stereocenters. The van der Waals surface area contributed by atoms with Crippen molar-refractivity contribution in [3.05, 3.63) is 28.8 Å². The fourth-order valence-corrected chi connectivity index (χ4v) is 3.35. The molecule has 0 spiro atoms. The van der Waals surface area contributed by atoms with Crippen molar-refractivity contribution < 1.29 is 4.74 Å². The van der Waals surface area contributed by atoms with E-state index in [1.165, 1.54) is 16.7 Å². The summed E-state index contributed by atoms with van der Waals surface area (Å²) in [6, 6.07) is 4.61. The Balaban J connectivity index is 2.19. The summed E-state index contributed by atoms with van der Waals surface area (Å²) in [5, 5.41) is 4.21. The Labute approximate surface area is 119 Å². The first-order chi connectivity index (χ1) is 8.84. The molecule has 0 aromatic heterocycles. The van der Waals surface area contributed by atoms with Crippen LogP contribution in [-0.4, -0.2) is 22.8 Å². The van der Waals surface area contributed by atoms with E-state index in [9.17, 15) is 0 Å². The van der Waals surface area contributed by atoms with Gasteiger partial charge in [0, 0.05) is 18.5 Å². The zero-order valence-corrected chi connectivity index (χ0v) is 12.9. The Bertz CT molecular complexity index is 572. The van der Waals surface area contributed by atoms with Gasteiger partial charge in [0.05, 0.1) is 6.04 Å². The predicted octanol–water partition coefficient (Wildman–Crippen LogP) is 2.91. The minimum Gasteiger partial charge on any atom is -0.467 e. The second-order valence-electron chi connectivity index (χ2n) is 5.91. The lowest BCUT2D eigenvalue weighted by molar-refractivity contribution is -0.0998. The van der Waals surface area contributed by atoms with Crippen LogP contribution in [0.15, 0.2) is 12.1 Å². The van der Waals surface area contributed by atoms with Gasteiger partial charge in [0.25, 0.3) is 0 Å². The van der Waals surface area contributed by atoms with E-state index in [-0.39, 0.29) is 11.8 Å². The van der Waals surface area contributed by atoms with Crippen molar-refractivity contribution in [2.75, 3.05) is 7.05 Å². The Morgan fingerprint density at radius 1 is 1.32 bits per heavy atom. The van der Waals surface area contributed by atoms with E-state index < -0.39 is 0 Å². The highest BCUT2D eigenvalue weighted by Gasteiger charge is 2.51. The number of ether oxygens (including phenoxy) is 1. The van der Waals surface area contributed by atoms with Gasteiger partial charge >= 0.3 is 0 Å². The Morgan fingerprint density at radius 3 is 2.63 bits per heavy atom. The number of rotatable bonds is 0. The monoisotopic (exact) mass is 276 g/mol. The van der Waals surface area contributed by atoms with Crippen molar-refractivity contribution >= 4 is 17.3 Å². The van der Waals surface area contributed by atoms with Gasteiger partial charge in [-0.15, -0.1) is 0 Å². The third kappa shape index (κ3) is 1.59. The Hall–Kier alpha value is -1.29. The van der Waals surface area contributed by atoms with Crippen LogP contribution < -0.4 is 10.1 Å². The molecule has 1 aromatic carbocycles. The number of thiocarbonyl (C=S) groups is 1. The maximum absolute atomic E-state index is 6.32. The van der Waals surface area contributed by atoms with Crippen LogP contribution in [-0.2, 0) is 0 Å². The van der Waals surface area contributed by atoms with Gasteiger partial charge in [0.1, 0.15) is 5.75 Å². The van der Waals surface area contributed by atoms with Crippen LogP contribution in [0.2, 0.25) is 0 Å². The molecule has 102 valence electrons. The number of nitrogens with one attached hydrogen (secondary N) is 1. The lowest BCUT2D eigenvalue weighted by Crippen LogP contribution is -2.67. The molecular formula is C15H20N2OS. The highest BCUT2D eigenvalue weighted by molar-refractivity contribution is 7.80. The van der Waals surface area contributed by atoms with Crippen molar-refractivity contribution in [3.63, 3.8) is 0 Å². The molecule has 2 heterocycles. The van der Waals surface area contributed by atoms with Crippen molar-refractivity contribution in [1.29, 1.82) is 0 Å². The molecule has 0 saturated carbocycles.